The zero-order valence-electron chi connectivity index (χ0n) is 16.8. The molecule has 3 heterocycles. The highest BCUT2D eigenvalue weighted by Crippen LogP contribution is 2.23. The number of hydrogen-bond acceptors (Lipinski definition) is 5. The molecule has 1 aromatic carbocycles. The van der Waals surface area contributed by atoms with E-state index in [4.69, 9.17) is 4.42 Å². The number of aromatic nitrogens is 2. The van der Waals surface area contributed by atoms with Crippen LogP contribution in [0.5, 0.6) is 0 Å². The van der Waals surface area contributed by atoms with Gasteiger partial charge in [-0.15, -0.1) is 0 Å². The smallest absolute Gasteiger partial charge is 0.335 e. The fourth-order valence-corrected chi connectivity index (χ4v) is 4.10. The van der Waals surface area contributed by atoms with E-state index in [1.165, 1.54) is 0 Å². The molecule has 152 valence electrons. The van der Waals surface area contributed by atoms with Crippen molar-refractivity contribution in [1.29, 1.82) is 0 Å². The number of nitrogens with zero attached hydrogens (tertiary/aromatic N) is 3. The van der Waals surface area contributed by atoms with Gasteiger partial charge in [-0.25, -0.2) is 9.36 Å². The zero-order valence-corrected chi connectivity index (χ0v) is 16.8. The van der Waals surface area contributed by atoms with Gasteiger partial charge in [0.15, 0.2) is 0 Å². The maximum Gasteiger partial charge on any atom is 0.335 e. The van der Waals surface area contributed by atoms with Crippen LogP contribution in [0, 0.1) is 12.8 Å². The van der Waals surface area contributed by atoms with Crippen LogP contribution in [-0.2, 0) is 0 Å². The van der Waals surface area contributed by atoms with Crippen LogP contribution < -0.4 is 11.2 Å². The number of amides is 1. The first-order chi connectivity index (χ1) is 13.9. The van der Waals surface area contributed by atoms with Gasteiger partial charge in [-0.05, 0) is 45.0 Å². The molecule has 4 rings (SSSR count). The number of carbonyl (C=O) groups excluding carboxylic acids is 1. The molecule has 29 heavy (non-hydrogen) atoms. The fourth-order valence-electron chi connectivity index (χ4n) is 4.10. The molecule has 1 unspecified atom stereocenters. The van der Waals surface area contributed by atoms with Crippen LogP contribution in [-0.4, -0.2) is 59.0 Å². The normalized spacial score (nSPS) is 17.1. The zero-order chi connectivity index (χ0) is 20.7. The van der Waals surface area contributed by atoms with Crippen LogP contribution in [0.15, 0.2) is 44.3 Å². The van der Waals surface area contributed by atoms with Gasteiger partial charge in [0.25, 0.3) is 11.5 Å². The molecule has 1 N–H and O–H groups in total. The summed E-state index contributed by atoms with van der Waals surface area (Å²) in [6.45, 7) is 4.20. The summed E-state index contributed by atoms with van der Waals surface area (Å²) in [5, 5.41) is 0.103. The standard InChI is InChI=1S/C21H24N4O4/c1-13-16(19(26)24(3)12-14-9-10-23(2)11-14)17-18(29-13)22-21(28)25(20(17)27)15-7-5-4-6-8-15/h4-8,14H,9-12H2,1-3H3,(H,22,28). The van der Waals surface area contributed by atoms with E-state index in [1.807, 2.05) is 0 Å². The summed E-state index contributed by atoms with van der Waals surface area (Å²) in [6, 6.07) is 8.61. The molecule has 2 aromatic heterocycles. The number of nitrogens with one attached hydrogen (secondary N) is 1. The van der Waals surface area contributed by atoms with Gasteiger partial charge in [0.1, 0.15) is 11.1 Å². The van der Waals surface area contributed by atoms with Gasteiger partial charge in [-0.3, -0.25) is 14.6 Å². The Bertz CT molecular complexity index is 1180. The second-order valence-electron chi connectivity index (χ2n) is 7.75. The highest BCUT2D eigenvalue weighted by molar-refractivity contribution is 6.06. The van der Waals surface area contributed by atoms with Crippen LogP contribution in [0.4, 0.5) is 0 Å². The number of hydrogen-bond donors (Lipinski definition) is 1. The number of H-pyrrole nitrogens is 1. The van der Waals surface area contributed by atoms with E-state index in [2.05, 4.69) is 16.9 Å². The van der Waals surface area contributed by atoms with Crippen molar-refractivity contribution in [3.63, 3.8) is 0 Å². The number of aromatic amines is 1. The van der Waals surface area contributed by atoms with Gasteiger partial charge in [-0.1, -0.05) is 18.2 Å². The molecule has 0 bridgehead atoms. The summed E-state index contributed by atoms with van der Waals surface area (Å²) in [5.74, 6) is 0.437. The first-order valence-corrected chi connectivity index (χ1v) is 9.64. The molecular weight excluding hydrogens is 372 g/mol. The van der Waals surface area contributed by atoms with Crippen LogP contribution in [0.3, 0.4) is 0 Å². The SMILES string of the molecule is Cc1oc2[nH]c(=O)n(-c3ccccc3)c(=O)c2c1C(=O)N(C)CC1CCN(C)C1. The monoisotopic (exact) mass is 396 g/mol. The average Bonchev–Trinajstić information content (AvgIpc) is 3.24. The summed E-state index contributed by atoms with van der Waals surface area (Å²) < 4.78 is 6.61. The van der Waals surface area contributed by atoms with E-state index >= 15 is 0 Å². The lowest BCUT2D eigenvalue weighted by molar-refractivity contribution is 0.0774. The molecule has 0 spiro atoms. The summed E-state index contributed by atoms with van der Waals surface area (Å²) in [4.78, 5) is 45.4. The van der Waals surface area contributed by atoms with E-state index in [0.29, 0.717) is 23.9 Å². The number of benzene rings is 1. The Kier molecular flexibility index (Phi) is 4.87. The molecule has 1 fully saturated rings. The Morgan fingerprint density at radius 2 is 2.00 bits per heavy atom. The van der Waals surface area contributed by atoms with Crippen LogP contribution in [0.2, 0.25) is 0 Å². The average molecular weight is 396 g/mol. The van der Waals surface area contributed by atoms with Crippen molar-refractivity contribution in [3.05, 3.63) is 62.5 Å². The van der Waals surface area contributed by atoms with E-state index in [1.54, 1.807) is 49.2 Å². The maximum atomic E-state index is 13.2. The first-order valence-electron chi connectivity index (χ1n) is 9.64. The highest BCUT2D eigenvalue weighted by Gasteiger charge is 2.28. The van der Waals surface area contributed by atoms with E-state index in [9.17, 15) is 14.4 Å². The van der Waals surface area contributed by atoms with Crippen LogP contribution in [0.1, 0.15) is 22.5 Å². The minimum absolute atomic E-state index is 0.0297. The molecule has 0 saturated carbocycles. The summed E-state index contributed by atoms with van der Waals surface area (Å²) in [6.07, 6.45) is 1.04. The second-order valence-corrected chi connectivity index (χ2v) is 7.75. The first kappa shape index (κ1) is 19.2. The molecule has 0 aliphatic carbocycles. The molecular formula is C21H24N4O4. The second kappa shape index (κ2) is 7.36. The quantitative estimate of drug-likeness (QED) is 0.723. The number of para-hydroxylation sites is 1. The molecule has 1 aliphatic rings. The predicted molar refractivity (Wildman–Crippen MR) is 110 cm³/mol. The van der Waals surface area contributed by atoms with Crippen LogP contribution in [0.25, 0.3) is 16.8 Å². The van der Waals surface area contributed by atoms with Crippen molar-refractivity contribution >= 4 is 17.0 Å². The number of carbonyl (C=O) groups is 1. The van der Waals surface area contributed by atoms with Crippen molar-refractivity contribution in [2.24, 2.45) is 5.92 Å². The van der Waals surface area contributed by atoms with Crippen LogP contribution >= 0.6 is 0 Å². The van der Waals surface area contributed by atoms with E-state index in [-0.39, 0.29) is 22.6 Å². The number of fused-ring (bicyclic) bond motifs is 1. The van der Waals surface area contributed by atoms with Gasteiger partial charge in [0, 0.05) is 20.1 Å². The lowest BCUT2D eigenvalue weighted by atomic mass is 10.1. The van der Waals surface area contributed by atoms with E-state index in [0.717, 1.165) is 24.1 Å². The minimum atomic E-state index is -0.608. The van der Waals surface area contributed by atoms with Crippen molar-refractivity contribution in [3.8, 4) is 5.69 Å². The number of rotatable bonds is 4. The third kappa shape index (κ3) is 3.40. The lowest BCUT2D eigenvalue weighted by Gasteiger charge is -2.21. The molecule has 3 aromatic rings. The Morgan fingerprint density at radius 1 is 1.28 bits per heavy atom. The fraction of sp³-hybridized carbons (Fsp3) is 0.381. The van der Waals surface area contributed by atoms with Gasteiger partial charge in [0.05, 0.1) is 11.3 Å². The lowest BCUT2D eigenvalue weighted by Crippen LogP contribution is -2.36. The Labute approximate surface area is 167 Å². The largest absolute Gasteiger partial charge is 0.444 e. The number of aryl methyl sites for hydroxylation is 1. The molecule has 0 radical (unpaired) electrons. The van der Waals surface area contributed by atoms with Gasteiger partial charge in [-0.2, -0.15) is 0 Å². The van der Waals surface area contributed by atoms with Gasteiger partial charge < -0.3 is 14.2 Å². The predicted octanol–water partition coefficient (Wildman–Crippen LogP) is 1.60. The summed E-state index contributed by atoms with van der Waals surface area (Å²) >= 11 is 0. The van der Waals surface area contributed by atoms with Gasteiger partial charge in [0.2, 0.25) is 5.71 Å². The molecule has 1 saturated heterocycles. The van der Waals surface area contributed by atoms with Gasteiger partial charge >= 0.3 is 5.69 Å². The molecule has 1 atom stereocenters. The topological polar surface area (TPSA) is 91.5 Å². The number of likely N-dealkylation sites (tertiary alicyclic amines) is 1. The third-order valence-corrected chi connectivity index (χ3v) is 5.52. The Morgan fingerprint density at radius 3 is 2.66 bits per heavy atom. The summed E-state index contributed by atoms with van der Waals surface area (Å²) in [5.41, 5.74) is -0.505. The summed E-state index contributed by atoms with van der Waals surface area (Å²) in [7, 11) is 3.80. The minimum Gasteiger partial charge on any atom is -0.444 e. The van der Waals surface area contributed by atoms with Crippen molar-refractivity contribution in [2.45, 2.75) is 13.3 Å². The van der Waals surface area contributed by atoms with Crippen molar-refractivity contribution in [1.82, 2.24) is 19.4 Å². The molecule has 1 aliphatic heterocycles. The molecule has 1 amide bonds. The maximum absolute atomic E-state index is 13.2. The molecule has 8 nitrogen and oxygen atoms in total. The Hall–Kier alpha value is -3.13. The van der Waals surface area contributed by atoms with Crippen molar-refractivity contribution < 1.29 is 9.21 Å². The molecule has 8 heteroatoms. The van der Waals surface area contributed by atoms with E-state index < -0.39 is 11.2 Å². The Balaban J connectivity index is 1.78. The number of furan rings is 1. The highest BCUT2D eigenvalue weighted by atomic mass is 16.3. The third-order valence-electron chi connectivity index (χ3n) is 5.52. The van der Waals surface area contributed by atoms with Crippen molar-refractivity contribution in [2.75, 3.05) is 33.7 Å².